The smallest absolute Gasteiger partial charge is 0.261 e. The van der Waals surface area contributed by atoms with Gasteiger partial charge in [0.2, 0.25) is 0 Å². The number of para-hydroxylation sites is 1. The number of nitrogens with one attached hydrogen (secondary N) is 2. The number of carbonyl (C=O) groups is 1. The van der Waals surface area contributed by atoms with Crippen LogP contribution in [0.2, 0.25) is 0 Å². The Morgan fingerprint density at radius 3 is 2.86 bits per heavy atom. The second-order valence-electron chi connectivity index (χ2n) is 4.98. The Morgan fingerprint density at radius 2 is 2.23 bits per heavy atom. The first kappa shape index (κ1) is 18.5. The number of amides is 1. The molecule has 1 amide bonds. The van der Waals surface area contributed by atoms with Gasteiger partial charge in [0.1, 0.15) is 0 Å². The molecule has 0 aromatic heterocycles. The molecule has 2 rings (SSSR count). The SMILES string of the molecule is CCC(Oc1ccccc1F)C(=O)NCC1=CCNCC1.Cl. The molecule has 0 fully saturated rings. The minimum Gasteiger partial charge on any atom is -0.478 e. The molecule has 1 aromatic carbocycles. The van der Waals surface area contributed by atoms with Crippen molar-refractivity contribution in [3.05, 3.63) is 41.7 Å². The lowest BCUT2D eigenvalue weighted by atomic mass is 10.1. The summed E-state index contributed by atoms with van der Waals surface area (Å²) in [5.74, 6) is -0.550. The fraction of sp³-hybridized carbons (Fsp3) is 0.438. The standard InChI is InChI=1S/C16H21FN2O2.ClH/c1-2-14(21-15-6-4-3-5-13(15)17)16(20)19-11-12-7-9-18-10-8-12;/h3-7,14,18H,2,8-11H2,1H3,(H,19,20);1H. The first-order valence-electron chi connectivity index (χ1n) is 7.28. The van der Waals surface area contributed by atoms with Crippen LogP contribution in [0.1, 0.15) is 19.8 Å². The Balaban J connectivity index is 0.00000242. The maximum Gasteiger partial charge on any atom is 0.261 e. The molecule has 1 aromatic rings. The predicted molar refractivity (Wildman–Crippen MR) is 86.9 cm³/mol. The number of carbonyl (C=O) groups excluding carboxylic acids is 1. The normalized spacial score (nSPS) is 15.3. The molecule has 0 bridgehead atoms. The number of hydrogen-bond acceptors (Lipinski definition) is 3. The van der Waals surface area contributed by atoms with Gasteiger partial charge in [-0.1, -0.05) is 30.7 Å². The van der Waals surface area contributed by atoms with Crippen LogP contribution in [0.15, 0.2) is 35.9 Å². The van der Waals surface area contributed by atoms with E-state index in [0.717, 1.165) is 19.5 Å². The summed E-state index contributed by atoms with van der Waals surface area (Å²) in [4.78, 5) is 12.1. The van der Waals surface area contributed by atoms with Crippen molar-refractivity contribution in [3.63, 3.8) is 0 Å². The van der Waals surface area contributed by atoms with Crippen molar-refractivity contribution in [1.29, 1.82) is 0 Å². The van der Waals surface area contributed by atoms with E-state index in [1.165, 1.54) is 17.7 Å². The van der Waals surface area contributed by atoms with Crippen molar-refractivity contribution in [3.8, 4) is 5.75 Å². The molecule has 122 valence electrons. The minimum atomic E-state index is -0.677. The summed E-state index contributed by atoms with van der Waals surface area (Å²) >= 11 is 0. The molecular weight excluding hydrogens is 307 g/mol. The highest BCUT2D eigenvalue weighted by atomic mass is 35.5. The highest BCUT2D eigenvalue weighted by Crippen LogP contribution is 2.18. The molecule has 0 spiro atoms. The molecular formula is C16H22ClFN2O2. The van der Waals surface area contributed by atoms with E-state index >= 15 is 0 Å². The van der Waals surface area contributed by atoms with Crippen molar-refractivity contribution in [1.82, 2.24) is 10.6 Å². The van der Waals surface area contributed by atoms with Crippen LogP contribution in [0.5, 0.6) is 5.75 Å². The van der Waals surface area contributed by atoms with Gasteiger partial charge in [0.25, 0.3) is 5.91 Å². The fourth-order valence-corrected chi connectivity index (χ4v) is 2.16. The second kappa shape index (κ2) is 9.43. The van der Waals surface area contributed by atoms with Crippen molar-refractivity contribution in [2.24, 2.45) is 0 Å². The average molecular weight is 329 g/mol. The molecule has 4 nitrogen and oxygen atoms in total. The van der Waals surface area contributed by atoms with Gasteiger partial charge in [-0.05, 0) is 31.5 Å². The van der Waals surface area contributed by atoms with E-state index in [2.05, 4.69) is 16.7 Å². The third kappa shape index (κ3) is 5.31. The summed E-state index contributed by atoms with van der Waals surface area (Å²) < 4.78 is 19.0. The predicted octanol–water partition coefficient (Wildman–Crippen LogP) is 2.44. The van der Waals surface area contributed by atoms with Crippen molar-refractivity contribution >= 4 is 18.3 Å². The number of halogens is 2. The largest absolute Gasteiger partial charge is 0.478 e. The molecule has 0 aliphatic carbocycles. The first-order valence-corrected chi connectivity index (χ1v) is 7.28. The van der Waals surface area contributed by atoms with Gasteiger partial charge in [-0.15, -0.1) is 12.4 Å². The van der Waals surface area contributed by atoms with Crippen LogP contribution in [-0.4, -0.2) is 31.6 Å². The lowest BCUT2D eigenvalue weighted by Crippen LogP contribution is -2.39. The van der Waals surface area contributed by atoms with Crippen molar-refractivity contribution in [2.75, 3.05) is 19.6 Å². The van der Waals surface area contributed by atoms with E-state index < -0.39 is 11.9 Å². The van der Waals surface area contributed by atoms with Crippen LogP contribution in [-0.2, 0) is 4.79 Å². The van der Waals surface area contributed by atoms with Gasteiger partial charge in [0.05, 0.1) is 0 Å². The zero-order valence-electron chi connectivity index (χ0n) is 12.6. The van der Waals surface area contributed by atoms with Gasteiger partial charge >= 0.3 is 0 Å². The Kier molecular flexibility index (Phi) is 7.91. The molecule has 2 N–H and O–H groups in total. The van der Waals surface area contributed by atoms with Crippen LogP contribution in [0.3, 0.4) is 0 Å². The van der Waals surface area contributed by atoms with Crippen LogP contribution >= 0.6 is 12.4 Å². The number of rotatable bonds is 6. The quantitative estimate of drug-likeness (QED) is 0.789. The number of hydrogen-bond donors (Lipinski definition) is 2. The van der Waals surface area contributed by atoms with Gasteiger partial charge in [-0.3, -0.25) is 4.79 Å². The van der Waals surface area contributed by atoms with Crippen LogP contribution in [0.25, 0.3) is 0 Å². The second-order valence-corrected chi connectivity index (χ2v) is 4.98. The molecule has 0 saturated carbocycles. The zero-order chi connectivity index (χ0) is 15.1. The maximum atomic E-state index is 13.6. The Morgan fingerprint density at radius 1 is 1.45 bits per heavy atom. The minimum absolute atomic E-state index is 0. The van der Waals surface area contributed by atoms with E-state index in [1.807, 2.05) is 6.92 Å². The molecule has 1 aliphatic rings. The van der Waals surface area contributed by atoms with Gasteiger partial charge in [-0.25, -0.2) is 4.39 Å². The van der Waals surface area contributed by atoms with E-state index in [-0.39, 0.29) is 24.1 Å². The van der Waals surface area contributed by atoms with Crippen LogP contribution in [0, 0.1) is 5.82 Å². The lowest BCUT2D eigenvalue weighted by molar-refractivity contribution is -0.128. The topological polar surface area (TPSA) is 50.4 Å². The van der Waals surface area contributed by atoms with Crippen LogP contribution < -0.4 is 15.4 Å². The monoisotopic (exact) mass is 328 g/mol. The molecule has 1 atom stereocenters. The maximum absolute atomic E-state index is 13.6. The van der Waals surface area contributed by atoms with Gasteiger partial charge in [0.15, 0.2) is 17.7 Å². The molecule has 1 aliphatic heterocycles. The Labute approximate surface area is 136 Å². The van der Waals surface area contributed by atoms with E-state index in [9.17, 15) is 9.18 Å². The fourth-order valence-electron chi connectivity index (χ4n) is 2.16. The van der Waals surface area contributed by atoms with Crippen LogP contribution in [0.4, 0.5) is 4.39 Å². The molecule has 0 saturated heterocycles. The third-order valence-electron chi connectivity index (χ3n) is 3.42. The first-order chi connectivity index (χ1) is 10.2. The summed E-state index contributed by atoms with van der Waals surface area (Å²) in [6.07, 6.45) is 2.83. The summed E-state index contributed by atoms with van der Waals surface area (Å²) in [5, 5.41) is 6.08. The van der Waals surface area contributed by atoms with Crippen molar-refractivity contribution < 1.29 is 13.9 Å². The highest BCUT2D eigenvalue weighted by molar-refractivity contribution is 5.85. The molecule has 1 heterocycles. The summed E-state index contributed by atoms with van der Waals surface area (Å²) in [6, 6.07) is 6.12. The van der Waals surface area contributed by atoms with Gasteiger partial charge < -0.3 is 15.4 Å². The Bertz CT molecular complexity index is 523. The van der Waals surface area contributed by atoms with E-state index in [1.54, 1.807) is 12.1 Å². The summed E-state index contributed by atoms with van der Waals surface area (Å²) in [5.41, 5.74) is 1.21. The number of ether oxygens (including phenoxy) is 1. The van der Waals surface area contributed by atoms with E-state index in [0.29, 0.717) is 13.0 Å². The molecule has 0 radical (unpaired) electrons. The van der Waals surface area contributed by atoms with Gasteiger partial charge in [-0.2, -0.15) is 0 Å². The molecule has 22 heavy (non-hydrogen) atoms. The van der Waals surface area contributed by atoms with E-state index in [4.69, 9.17) is 4.74 Å². The highest BCUT2D eigenvalue weighted by Gasteiger charge is 2.19. The molecule has 6 heteroatoms. The molecule has 1 unspecified atom stereocenters. The Hall–Kier alpha value is -1.59. The summed E-state index contributed by atoms with van der Waals surface area (Å²) in [6.45, 7) is 4.14. The third-order valence-corrected chi connectivity index (χ3v) is 3.42. The summed E-state index contributed by atoms with van der Waals surface area (Å²) in [7, 11) is 0. The van der Waals surface area contributed by atoms with Crippen molar-refractivity contribution in [2.45, 2.75) is 25.9 Å². The lowest BCUT2D eigenvalue weighted by Gasteiger charge is -2.19. The van der Waals surface area contributed by atoms with Gasteiger partial charge in [0, 0.05) is 13.1 Å². The average Bonchev–Trinajstić information content (AvgIpc) is 2.53. The zero-order valence-corrected chi connectivity index (χ0v) is 13.4. The number of benzene rings is 1.